The third kappa shape index (κ3) is 4.72. The number of β-amino-alcohol motifs (C(OH)–C–C–N with tert-alkyl or cyclic N) is 1. The number of benzene rings is 1. The number of aryl methyl sites for hydroxylation is 1. The molecule has 0 bridgehead atoms. The summed E-state index contributed by atoms with van der Waals surface area (Å²) in [4.78, 5) is 16.0. The van der Waals surface area contributed by atoms with Gasteiger partial charge in [-0.25, -0.2) is 4.99 Å². The van der Waals surface area contributed by atoms with Crippen LogP contribution >= 0.6 is 0 Å². The Morgan fingerprint density at radius 2 is 2.09 bits per heavy atom. The average Bonchev–Trinajstić information content (AvgIpc) is 3.30. The van der Waals surface area contributed by atoms with Crippen LogP contribution in [0.25, 0.3) is 11.3 Å². The van der Waals surface area contributed by atoms with Gasteiger partial charge in [0.15, 0.2) is 0 Å². The van der Waals surface area contributed by atoms with Gasteiger partial charge in [0.1, 0.15) is 5.69 Å². The van der Waals surface area contributed by atoms with Crippen molar-refractivity contribution < 1.29 is 5.11 Å². The zero-order valence-corrected chi connectivity index (χ0v) is 18.9. The highest BCUT2D eigenvalue weighted by Gasteiger charge is 2.20. The second-order valence-corrected chi connectivity index (χ2v) is 8.36. The summed E-state index contributed by atoms with van der Waals surface area (Å²) in [6, 6.07) is 10.4. The maximum Gasteiger partial charge on any atom is 0.222 e. The first-order chi connectivity index (χ1) is 16.2. The van der Waals surface area contributed by atoms with Crippen LogP contribution in [0, 0.1) is 0 Å². The van der Waals surface area contributed by atoms with Crippen molar-refractivity contribution >= 4 is 17.4 Å². The van der Waals surface area contributed by atoms with E-state index in [-0.39, 0.29) is 6.61 Å². The van der Waals surface area contributed by atoms with E-state index in [9.17, 15) is 5.11 Å². The van der Waals surface area contributed by atoms with Crippen LogP contribution in [0.15, 0.2) is 58.9 Å². The van der Waals surface area contributed by atoms with E-state index in [1.165, 1.54) is 11.1 Å². The number of pyridine rings is 1. The lowest BCUT2D eigenvalue weighted by molar-refractivity contribution is 0.184. The maximum atomic E-state index is 9.27. The maximum absolute atomic E-state index is 9.27. The second kappa shape index (κ2) is 9.64. The average molecular weight is 444 g/mol. The fraction of sp³-hybridized carbons (Fsp3) is 0.360. The summed E-state index contributed by atoms with van der Waals surface area (Å²) in [5.74, 6) is 0.626. The van der Waals surface area contributed by atoms with Crippen molar-refractivity contribution in [3.05, 3.63) is 65.6 Å². The van der Waals surface area contributed by atoms with Gasteiger partial charge in [-0.3, -0.25) is 19.6 Å². The van der Waals surface area contributed by atoms with Crippen LogP contribution in [0.5, 0.6) is 0 Å². The topological polar surface area (TPSA) is 90.9 Å². The van der Waals surface area contributed by atoms with E-state index >= 15 is 0 Å². The van der Waals surface area contributed by atoms with Gasteiger partial charge in [-0.2, -0.15) is 5.10 Å². The van der Waals surface area contributed by atoms with Gasteiger partial charge in [-0.15, -0.1) is 0 Å². The Kier molecular flexibility index (Phi) is 6.28. The minimum atomic E-state index is 0.192. The van der Waals surface area contributed by atoms with Gasteiger partial charge in [-0.05, 0) is 48.7 Å². The number of aliphatic hydroxyl groups is 1. The fourth-order valence-corrected chi connectivity index (χ4v) is 4.41. The van der Waals surface area contributed by atoms with E-state index in [1.807, 2.05) is 23.0 Å². The van der Waals surface area contributed by atoms with Gasteiger partial charge in [0.25, 0.3) is 0 Å². The number of hydrogen-bond donors (Lipinski definition) is 2. The second-order valence-electron chi connectivity index (χ2n) is 8.36. The highest BCUT2D eigenvalue weighted by molar-refractivity contribution is 6.13. The molecule has 3 aromatic rings. The minimum Gasteiger partial charge on any atom is -0.395 e. The summed E-state index contributed by atoms with van der Waals surface area (Å²) in [6.07, 6.45) is 7.47. The molecule has 4 heterocycles. The Morgan fingerprint density at radius 1 is 1.15 bits per heavy atom. The van der Waals surface area contributed by atoms with Crippen LogP contribution < -0.4 is 5.32 Å². The van der Waals surface area contributed by atoms with Gasteiger partial charge in [0.05, 0.1) is 12.3 Å². The van der Waals surface area contributed by atoms with Crippen molar-refractivity contribution in [2.45, 2.75) is 32.9 Å². The summed E-state index contributed by atoms with van der Waals surface area (Å²) < 4.78 is 1.95. The lowest BCUT2D eigenvalue weighted by atomic mass is 9.99. The summed E-state index contributed by atoms with van der Waals surface area (Å²) in [5.41, 5.74) is 7.56. The largest absolute Gasteiger partial charge is 0.395 e. The monoisotopic (exact) mass is 443 g/mol. The molecule has 0 saturated heterocycles. The Labute approximate surface area is 193 Å². The molecule has 0 radical (unpaired) electrons. The van der Waals surface area contributed by atoms with Crippen LogP contribution in [0.4, 0.5) is 5.69 Å². The van der Waals surface area contributed by atoms with E-state index < -0.39 is 0 Å². The first kappa shape index (κ1) is 21.5. The van der Waals surface area contributed by atoms with Crippen LogP contribution in [0.2, 0.25) is 0 Å². The van der Waals surface area contributed by atoms with Gasteiger partial charge in [0.2, 0.25) is 5.96 Å². The van der Waals surface area contributed by atoms with Crippen LogP contribution in [-0.2, 0) is 19.5 Å². The van der Waals surface area contributed by atoms with Crippen LogP contribution in [0.1, 0.15) is 30.0 Å². The fourth-order valence-electron chi connectivity index (χ4n) is 4.41. The van der Waals surface area contributed by atoms with Crippen molar-refractivity contribution in [1.82, 2.24) is 19.7 Å². The predicted molar refractivity (Wildman–Crippen MR) is 131 cm³/mol. The number of aliphatic imine (C=N–C) groups is 2. The number of rotatable bonds is 6. The number of aliphatic hydroxyl groups excluding tert-OH is 1. The number of fused-ring (bicyclic) bond motifs is 1. The van der Waals surface area contributed by atoms with E-state index in [1.54, 1.807) is 6.20 Å². The molecule has 33 heavy (non-hydrogen) atoms. The first-order valence-corrected chi connectivity index (χ1v) is 11.6. The molecule has 1 aromatic carbocycles. The van der Waals surface area contributed by atoms with Gasteiger partial charge < -0.3 is 10.4 Å². The summed E-state index contributed by atoms with van der Waals surface area (Å²) in [5, 5.41) is 17.5. The van der Waals surface area contributed by atoms with Crippen LogP contribution in [0.3, 0.4) is 0 Å². The molecule has 8 heteroatoms. The molecule has 0 aliphatic carbocycles. The van der Waals surface area contributed by atoms with Crippen molar-refractivity contribution in [2.24, 2.45) is 9.98 Å². The molecular weight excluding hydrogens is 414 g/mol. The lowest BCUT2D eigenvalue weighted by Gasteiger charge is -2.28. The number of nitrogens with one attached hydrogen (secondary N) is 1. The molecule has 170 valence electrons. The zero-order chi connectivity index (χ0) is 22.6. The number of nitrogens with zero attached hydrogens (tertiary/aromatic N) is 6. The third-order valence-corrected chi connectivity index (χ3v) is 6.15. The molecule has 0 saturated carbocycles. The Morgan fingerprint density at radius 3 is 2.91 bits per heavy atom. The molecular formula is C25H29N7O. The summed E-state index contributed by atoms with van der Waals surface area (Å²) in [7, 11) is 0. The van der Waals surface area contributed by atoms with Crippen molar-refractivity contribution in [3.8, 4) is 11.3 Å². The SMILES string of the molecule is CCn1cc(C2=NC(Nc3ccc4c(c3)CN(CCO)CC4)=NCC2)c(-c2cccnc2)n1. The highest BCUT2D eigenvalue weighted by atomic mass is 16.3. The van der Waals surface area contributed by atoms with Gasteiger partial charge in [0, 0.05) is 74.5 Å². The Hall–Kier alpha value is -3.36. The van der Waals surface area contributed by atoms with E-state index in [0.29, 0.717) is 19.0 Å². The van der Waals surface area contributed by atoms with Crippen molar-refractivity contribution in [2.75, 3.05) is 31.6 Å². The molecule has 5 rings (SSSR count). The molecule has 0 fully saturated rings. The number of anilines is 1. The molecule has 0 spiro atoms. The van der Waals surface area contributed by atoms with Gasteiger partial charge >= 0.3 is 0 Å². The molecule has 2 N–H and O–H groups in total. The third-order valence-electron chi connectivity index (χ3n) is 6.15. The van der Waals surface area contributed by atoms with E-state index in [0.717, 1.165) is 60.7 Å². The van der Waals surface area contributed by atoms with E-state index in [4.69, 9.17) is 10.1 Å². The standard InChI is InChI=1S/C25H29N7O/c1-2-32-17-22(24(30-32)19-4-3-9-26-15-19)23-7-10-27-25(29-23)28-21-6-5-18-8-11-31(12-13-33)16-20(18)14-21/h3-6,9,14-15,17,33H,2,7-8,10-13,16H2,1H3,(H,27,28). The van der Waals surface area contributed by atoms with Crippen molar-refractivity contribution in [1.29, 1.82) is 0 Å². The number of aromatic nitrogens is 3. The molecule has 0 unspecified atom stereocenters. The van der Waals surface area contributed by atoms with Gasteiger partial charge in [-0.1, -0.05) is 6.07 Å². The zero-order valence-electron chi connectivity index (χ0n) is 18.9. The lowest BCUT2D eigenvalue weighted by Crippen LogP contribution is -2.32. The van der Waals surface area contributed by atoms with Crippen molar-refractivity contribution in [3.63, 3.8) is 0 Å². The molecule has 2 aliphatic heterocycles. The summed E-state index contributed by atoms with van der Waals surface area (Å²) in [6.45, 7) is 6.31. The molecule has 0 amide bonds. The quantitative estimate of drug-likeness (QED) is 0.611. The normalized spacial score (nSPS) is 16.2. The highest BCUT2D eigenvalue weighted by Crippen LogP contribution is 2.25. The Bertz CT molecular complexity index is 1180. The summed E-state index contributed by atoms with van der Waals surface area (Å²) >= 11 is 0. The molecule has 2 aliphatic rings. The minimum absolute atomic E-state index is 0.192. The predicted octanol–water partition coefficient (Wildman–Crippen LogP) is 2.98. The molecule has 2 aromatic heterocycles. The smallest absolute Gasteiger partial charge is 0.222 e. The molecule has 0 atom stereocenters. The number of hydrogen-bond acceptors (Lipinski definition) is 7. The first-order valence-electron chi connectivity index (χ1n) is 11.6. The molecule has 8 nitrogen and oxygen atoms in total. The Balaban J connectivity index is 1.39. The van der Waals surface area contributed by atoms with E-state index in [2.05, 4.69) is 51.5 Å². The van der Waals surface area contributed by atoms with Crippen LogP contribution in [-0.4, -0.2) is 62.7 Å². The number of guanidine groups is 1.